The van der Waals surface area contributed by atoms with Crippen molar-refractivity contribution >= 4 is 17.5 Å². The van der Waals surface area contributed by atoms with Gasteiger partial charge in [0.1, 0.15) is 5.76 Å². The lowest BCUT2D eigenvalue weighted by molar-refractivity contribution is -0.125. The first-order valence-electron chi connectivity index (χ1n) is 8.16. The fraction of sp³-hybridized carbons (Fsp3) is 0.353. The second-order valence-electron chi connectivity index (χ2n) is 6.01. The molecule has 7 nitrogen and oxygen atoms in total. The van der Waals surface area contributed by atoms with E-state index in [1.54, 1.807) is 6.26 Å². The molecule has 1 aliphatic heterocycles. The molecule has 0 bridgehead atoms. The quantitative estimate of drug-likeness (QED) is 0.792. The maximum Gasteiger partial charge on any atom is 0.231 e. The lowest BCUT2D eigenvalue weighted by Crippen LogP contribution is -2.43. The number of aromatic nitrogens is 3. The minimum atomic E-state index is -0.0511. The van der Waals surface area contributed by atoms with Gasteiger partial charge in [-0.25, -0.2) is 0 Å². The van der Waals surface area contributed by atoms with E-state index in [1.807, 2.05) is 40.9 Å². The molecule has 0 saturated carbocycles. The van der Waals surface area contributed by atoms with Gasteiger partial charge >= 0.3 is 0 Å². The van der Waals surface area contributed by atoms with E-state index in [0.717, 1.165) is 36.7 Å². The molecule has 124 valence electrons. The zero-order chi connectivity index (χ0) is 16.4. The summed E-state index contributed by atoms with van der Waals surface area (Å²) in [4.78, 5) is 14.6. The first-order valence-corrected chi connectivity index (χ1v) is 8.16. The fourth-order valence-electron chi connectivity index (χ4n) is 3.15. The number of amides is 1. The Morgan fingerprint density at radius 1 is 1.29 bits per heavy atom. The van der Waals surface area contributed by atoms with E-state index in [9.17, 15) is 4.79 Å². The maximum atomic E-state index is 12.4. The Bertz CT molecular complexity index is 827. The standard InChI is InChI=1S/C17H19N5O2/c23-16(18-11-14-6-4-10-24-14)13-5-3-8-21(12-13)17-20-19-15-7-1-2-9-22(15)17/h1-2,4,6-7,9-10,13H,3,5,8,11-12H2,(H,18,23)/t13-/m1/s1. The van der Waals surface area contributed by atoms with Crippen molar-refractivity contribution in [2.24, 2.45) is 5.92 Å². The van der Waals surface area contributed by atoms with Crippen LogP contribution in [-0.2, 0) is 11.3 Å². The summed E-state index contributed by atoms with van der Waals surface area (Å²) in [7, 11) is 0. The molecule has 1 saturated heterocycles. The zero-order valence-electron chi connectivity index (χ0n) is 13.3. The number of carbonyl (C=O) groups excluding carboxylic acids is 1. The lowest BCUT2D eigenvalue weighted by atomic mass is 9.97. The summed E-state index contributed by atoms with van der Waals surface area (Å²) in [5.41, 5.74) is 0.817. The van der Waals surface area contributed by atoms with E-state index in [0.29, 0.717) is 13.1 Å². The van der Waals surface area contributed by atoms with Gasteiger partial charge in [-0.3, -0.25) is 9.20 Å². The first kappa shape index (κ1) is 14.7. The van der Waals surface area contributed by atoms with Crippen LogP contribution in [0, 0.1) is 5.92 Å². The molecule has 0 unspecified atom stereocenters. The van der Waals surface area contributed by atoms with Crippen molar-refractivity contribution in [3.63, 3.8) is 0 Å². The van der Waals surface area contributed by atoms with Crippen molar-refractivity contribution in [1.82, 2.24) is 19.9 Å². The molecule has 0 spiro atoms. The van der Waals surface area contributed by atoms with E-state index < -0.39 is 0 Å². The zero-order valence-corrected chi connectivity index (χ0v) is 13.3. The van der Waals surface area contributed by atoms with Crippen LogP contribution in [0.2, 0.25) is 0 Å². The summed E-state index contributed by atoms with van der Waals surface area (Å²) in [6, 6.07) is 9.50. The Labute approximate surface area is 139 Å². The molecule has 4 heterocycles. The van der Waals surface area contributed by atoms with Crippen LogP contribution in [0.4, 0.5) is 5.95 Å². The monoisotopic (exact) mass is 325 g/mol. The number of nitrogens with one attached hydrogen (secondary N) is 1. The molecule has 1 N–H and O–H groups in total. The summed E-state index contributed by atoms with van der Waals surface area (Å²) < 4.78 is 7.21. The Morgan fingerprint density at radius 2 is 2.25 bits per heavy atom. The van der Waals surface area contributed by atoms with Gasteiger partial charge in [-0.1, -0.05) is 6.07 Å². The average molecular weight is 325 g/mol. The summed E-state index contributed by atoms with van der Waals surface area (Å²) in [5.74, 6) is 1.57. The third-order valence-electron chi connectivity index (χ3n) is 4.39. The number of nitrogens with zero attached hydrogens (tertiary/aromatic N) is 4. The number of piperidine rings is 1. The van der Waals surface area contributed by atoms with E-state index >= 15 is 0 Å². The summed E-state index contributed by atoms with van der Waals surface area (Å²) in [6.07, 6.45) is 5.41. The highest BCUT2D eigenvalue weighted by Crippen LogP contribution is 2.22. The number of anilines is 1. The van der Waals surface area contributed by atoms with E-state index in [1.165, 1.54) is 0 Å². The first-order chi connectivity index (χ1) is 11.8. The molecule has 24 heavy (non-hydrogen) atoms. The van der Waals surface area contributed by atoms with Crippen LogP contribution in [0.5, 0.6) is 0 Å². The average Bonchev–Trinajstić information content (AvgIpc) is 3.29. The molecule has 3 aromatic rings. The van der Waals surface area contributed by atoms with Gasteiger partial charge in [0.15, 0.2) is 5.65 Å². The molecule has 0 aromatic carbocycles. The smallest absolute Gasteiger partial charge is 0.231 e. The number of rotatable bonds is 4. The van der Waals surface area contributed by atoms with Crippen LogP contribution in [0.25, 0.3) is 5.65 Å². The summed E-state index contributed by atoms with van der Waals surface area (Å²) in [6.45, 7) is 1.97. The number of fused-ring (bicyclic) bond motifs is 1. The lowest BCUT2D eigenvalue weighted by Gasteiger charge is -2.31. The molecule has 4 rings (SSSR count). The predicted octanol–water partition coefficient (Wildman–Crippen LogP) is 1.86. The van der Waals surface area contributed by atoms with Crippen molar-refractivity contribution in [3.05, 3.63) is 48.6 Å². The molecule has 0 aliphatic carbocycles. The van der Waals surface area contributed by atoms with Crippen molar-refractivity contribution in [2.45, 2.75) is 19.4 Å². The normalized spacial score (nSPS) is 18.0. The van der Waals surface area contributed by atoms with Gasteiger partial charge in [-0.15, -0.1) is 10.2 Å². The van der Waals surface area contributed by atoms with Gasteiger partial charge in [0.25, 0.3) is 0 Å². The number of carbonyl (C=O) groups is 1. The Morgan fingerprint density at radius 3 is 3.12 bits per heavy atom. The topological polar surface area (TPSA) is 75.7 Å². The molecular weight excluding hydrogens is 306 g/mol. The SMILES string of the molecule is O=C(NCc1ccco1)[C@@H]1CCCN(c2nnc3ccccn23)C1. The third kappa shape index (κ3) is 2.84. The highest BCUT2D eigenvalue weighted by Gasteiger charge is 2.28. The number of furan rings is 1. The van der Waals surface area contributed by atoms with Gasteiger partial charge in [-0.05, 0) is 37.1 Å². The third-order valence-corrected chi connectivity index (χ3v) is 4.39. The number of hydrogen-bond donors (Lipinski definition) is 1. The van der Waals surface area contributed by atoms with Crippen molar-refractivity contribution in [1.29, 1.82) is 0 Å². The molecule has 7 heteroatoms. The second-order valence-corrected chi connectivity index (χ2v) is 6.01. The second kappa shape index (κ2) is 6.35. The van der Waals surface area contributed by atoms with Crippen LogP contribution < -0.4 is 10.2 Å². The minimum Gasteiger partial charge on any atom is -0.467 e. The van der Waals surface area contributed by atoms with Crippen LogP contribution in [0.15, 0.2) is 47.2 Å². The maximum absolute atomic E-state index is 12.4. The minimum absolute atomic E-state index is 0.0511. The molecule has 0 radical (unpaired) electrons. The summed E-state index contributed by atoms with van der Waals surface area (Å²) in [5, 5.41) is 11.4. The van der Waals surface area contributed by atoms with Crippen molar-refractivity contribution in [3.8, 4) is 0 Å². The van der Waals surface area contributed by atoms with Crippen molar-refractivity contribution in [2.75, 3.05) is 18.0 Å². The highest BCUT2D eigenvalue weighted by molar-refractivity contribution is 5.79. The Hall–Kier alpha value is -2.83. The van der Waals surface area contributed by atoms with Gasteiger partial charge in [0.2, 0.25) is 11.9 Å². The van der Waals surface area contributed by atoms with Crippen LogP contribution in [0.1, 0.15) is 18.6 Å². The highest BCUT2D eigenvalue weighted by atomic mass is 16.3. The molecule has 1 atom stereocenters. The van der Waals surface area contributed by atoms with Crippen LogP contribution >= 0.6 is 0 Å². The molecule has 1 fully saturated rings. The number of hydrogen-bond acceptors (Lipinski definition) is 5. The Kier molecular flexibility index (Phi) is 3.90. The van der Waals surface area contributed by atoms with Crippen molar-refractivity contribution < 1.29 is 9.21 Å². The largest absolute Gasteiger partial charge is 0.467 e. The van der Waals surface area contributed by atoms with E-state index in [4.69, 9.17) is 4.42 Å². The fourth-order valence-corrected chi connectivity index (χ4v) is 3.15. The number of pyridine rings is 1. The van der Waals surface area contributed by atoms with Gasteiger partial charge in [0, 0.05) is 19.3 Å². The molecule has 1 amide bonds. The van der Waals surface area contributed by atoms with E-state index in [2.05, 4.69) is 20.4 Å². The van der Waals surface area contributed by atoms with Gasteiger partial charge in [-0.2, -0.15) is 0 Å². The summed E-state index contributed by atoms with van der Waals surface area (Å²) >= 11 is 0. The molecule has 1 aliphatic rings. The molecule has 3 aromatic heterocycles. The van der Waals surface area contributed by atoms with Crippen LogP contribution in [-0.4, -0.2) is 33.6 Å². The van der Waals surface area contributed by atoms with Gasteiger partial charge < -0.3 is 14.6 Å². The molecular formula is C17H19N5O2. The van der Waals surface area contributed by atoms with E-state index in [-0.39, 0.29) is 11.8 Å². The Balaban J connectivity index is 1.44. The van der Waals surface area contributed by atoms with Gasteiger partial charge in [0.05, 0.1) is 18.7 Å². The predicted molar refractivity (Wildman–Crippen MR) is 88.5 cm³/mol. The van der Waals surface area contributed by atoms with Crippen LogP contribution in [0.3, 0.4) is 0 Å².